The van der Waals surface area contributed by atoms with Gasteiger partial charge in [0.25, 0.3) is 0 Å². The summed E-state index contributed by atoms with van der Waals surface area (Å²) in [5.41, 5.74) is 5.19. The lowest BCUT2D eigenvalue weighted by molar-refractivity contribution is -0.620. The predicted molar refractivity (Wildman–Crippen MR) is 121 cm³/mol. The van der Waals surface area contributed by atoms with Gasteiger partial charge in [0, 0.05) is 35.1 Å². The molecule has 0 unspecified atom stereocenters. The summed E-state index contributed by atoms with van der Waals surface area (Å²) in [6.07, 6.45) is 0. The van der Waals surface area contributed by atoms with Crippen molar-refractivity contribution in [3.8, 4) is 17.2 Å². The third-order valence-corrected chi connectivity index (χ3v) is 6.32. The normalized spacial score (nSPS) is 13.5. The topological polar surface area (TPSA) is 13.1 Å². The van der Waals surface area contributed by atoms with E-state index in [1.54, 1.807) is 11.8 Å². The fraction of sp³-hybridized carbons (Fsp3) is 0.346. The van der Waals surface area contributed by atoms with Crippen LogP contribution in [0.3, 0.4) is 0 Å². The molecule has 4 rings (SSSR count). The number of aryl methyl sites for hydroxylation is 1. The Morgan fingerprint density at radius 3 is 1.93 bits per heavy atom. The molecule has 0 atom stereocenters. The van der Waals surface area contributed by atoms with Crippen LogP contribution in [0.15, 0.2) is 64.4 Å². The fourth-order valence-electron chi connectivity index (χ4n) is 3.77. The van der Waals surface area contributed by atoms with Gasteiger partial charge in [-0.25, -0.2) is 0 Å². The van der Waals surface area contributed by atoms with Gasteiger partial charge in [0.15, 0.2) is 11.4 Å². The highest BCUT2D eigenvalue weighted by Gasteiger charge is 2.35. The zero-order valence-electron chi connectivity index (χ0n) is 18.5. The smallest absolute Gasteiger partial charge is 0.212 e. The quantitative estimate of drug-likeness (QED) is 0.313. The van der Waals surface area contributed by atoms with Crippen molar-refractivity contribution >= 4 is 11.8 Å². The standard InChI is InChI=1S/C26H30NOS/c1-17-14-23(25(2,3)4)27(24(15-17)26(5,6)7)18-12-13-20-22(16-18)29-21-11-9-8-10-19(21)28-20/h8-16H,1-7H3/q+1. The van der Waals surface area contributed by atoms with Crippen molar-refractivity contribution in [3.05, 3.63) is 71.5 Å². The minimum absolute atomic E-state index is 0.0260. The summed E-state index contributed by atoms with van der Waals surface area (Å²) in [7, 11) is 0. The minimum Gasteiger partial charge on any atom is -0.455 e. The maximum absolute atomic E-state index is 6.15. The van der Waals surface area contributed by atoms with E-state index in [1.165, 1.54) is 22.6 Å². The van der Waals surface area contributed by atoms with Crippen molar-refractivity contribution in [2.75, 3.05) is 0 Å². The second-order valence-corrected chi connectivity index (χ2v) is 11.0. The van der Waals surface area contributed by atoms with Crippen LogP contribution in [0, 0.1) is 6.92 Å². The number of hydrogen-bond acceptors (Lipinski definition) is 2. The van der Waals surface area contributed by atoms with Crippen LogP contribution in [-0.2, 0) is 10.8 Å². The van der Waals surface area contributed by atoms with E-state index in [0.717, 1.165) is 21.3 Å². The second kappa shape index (κ2) is 6.91. The minimum atomic E-state index is 0.0260. The van der Waals surface area contributed by atoms with Crippen LogP contribution in [0.2, 0.25) is 0 Å². The number of fused-ring (bicyclic) bond motifs is 2. The first-order valence-electron chi connectivity index (χ1n) is 10.2. The van der Waals surface area contributed by atoms with Gasteiger partial charge in [-0.3, -0.25) is 0 Å². The first-order chi connectivity index (χ1) is 13.5. The van der Waals surface area contributed by atoms with Gasteiger partial charge in [0.05, 0.1) is 9.79 Å². The fourth-order valence-corrected chi connectivity index (χ4v) is 4.75. The van der Waals surface area contributed by atoms with Crippen molar-refractivity contribution < 1.29 is 9.30 Å². The molecule has 0 bridgehead atoms. The molecule has 3 heteroatoms. The number of benzene rings is 2. The highest BCUT2D eigenvalue weighted by molar-refractivity contribution is 7.99. The average Bonchev–Trinajstić information content (AvgIpc) is 2.64. The maximum Gasteiger partial charge on any atom is 0.212 e. The third kappa shape index (κ3) is 3.81. The Kier molecular flexibility index (Phi) is 4.77. The molecule has 0 radical (unpaired) electrons. The largest absolute Gasteiger partial charge is 0.455 e. The molecule has 0 saturated heterocycles. The van der Waals surface area contributed by atoms with Crippen molar-refractivity contribution in [3.63, 3.8) is 0 Å². The molecule has 150 valence electrons. The summed E-state index contributed by atoms with van der Waals surface area (Å²) in [4.78, 5) is 2.33. The van der Waals surface area contributed by atoms with Crippen LogP contribution >= 0.6 is 11.8 Å². The molecule has 2 aromatic carbocycles. The number of aromatic nitrogens is 1. The SMILES string of the molecule is Cc1cc(C(C)(C)C)[n+](-c2ccc3c(c2)Sc2ccccc2O3)c(C(C)(C)C)c1. The number of ether oxygens (including phenoxy) is 1. The van der Waals surface area contributed by atoms with Crippen molar-refractivity contribution in [2.24, 2.45) is 0 Å². The Bertz CT molecular complexity index is 1050. The molecule has 2 heterocycles. The van der Waals surface area contributed by atoms with E-state index in [-0.39, 0.29) is 10.8 Å². The van der Waals surface area contributed by atoms with Gasteiger partial charge in [-0.05, 0) is 30.7 Å². The molecule has 29 heavy (non-hydrogen) atoms. The van der Waals surface area contributed by atoms with Gasteiger partial charge in [-0.2, -0.15) is 4.57 Å². The summed E-state index contributed by atoms with van der Waals surface area (Å²) in [5.74, 6) is 1.87. The Morgan fingerprint density at radius 2 is 1.31 bits per heavy atom. The first kappa shape index (κ1) is 20.0. The molecule has 3 aromatic rings. The van der Waals surface area contributed by atoms with E-state index in [0.29, 0.717) is 0 Å². The highest BCUT2D eigenvalue weighted by atomic mass is 32.2. The molecule has 1 aliphatic heterocycles. The molecular formula is C26H30NOS+. The Balaban J connectivity index is 1.92. The van der Waals surface area contributed by atoms with Gasteiger partial charge in [-0.1, -0.05) is 65.4 Å². The summed E-state index contributed by atoms with van der Waals surface area (Å²) in [6.45, 7) is 15.9. The van der Waals surface area contributed by atoms with Crippen LogP contribution in [0.1, 0.15) is 58.5 Å². The van der Waals surface area contributed by atoms with E-state index in [1.807, 2.05) is 12.1 Å². The number of rotatable bonds is 1. The molecule has 0 N–H and O–H groups in total. The van der Waals surface area contributed by atoms with Crippen molar-refractivity contribution in [1.29, 1.82) is 0 Å². The predicted octanol–water partition coefficient (Wildman–Crippen LogP) is 7.12. The lowest BCUT2D eigenvalue weighted by Crippen LogP contribution is -2.48. The Hall–Kier alpha value is -2.26. The number of hydrogen-bond donors (Lipinski definition) is 0. The van der Waals surface area contributed by atoms with E-state index >= 15 is 0 Å². The summed E-state index contributed by atoms with van der Waals surface area (Å²) >= 11 is 1.78. The summed E-state index contributed by atoms with van der Waals surface area (Å²) in [6, 6.07) is 19.5. The lowest BCUT2D eigenvalue weighted by atomic mass is 9.85. The molecule has 1 aliphatic rings. The molecule has 0 fully saturated rings. The zero-order valence-corrected chi connectivity index (χ0v) is 19.3. The molecule has 0 amide bonds. The van der Waals surface area contributed by atoms with E-state index in [4.69, 9.17) is 4.74 Å². The van der Waals surface area contributed by atoms with Crippen LogP contribution in [-0.4, -0.2) is 0 Å². The van der Waals surface area contributed by atoms with Crippen LogP contribution < -0.4 is 9.30 Å². The van der Waals surface area contributed by atoms with Crippen molar-refractivity contribution in [2.45, 2.75) is 69.1 Å². The van der Waals surface area contributed by atoms with E-state index < -0.39 is 0 Å². The average molecular weight is 405 g/mol. The van der Waals surface area contributed by atoms with Gasteiger partial charge in [-0.15, -0.1) is 0 Å². The van der Waals surface area contributed by atoms with E-state index in [2.05, 4.69) is 95.5 Å². The summed E-state index contributed by atoms with van der Waals surface area (Å²) in [5, 5.41) is 0. The van der Waals surface area contributed by atoms with Gasteiger partial charge < -0.3 is 4.74 Å². The van der Waals surface area contributed by atoms with Crippen LogP contribution in [0.25, 0.3) is 5.69 Å². The first-order valence-corrected chi connectivity index (χ1v) is 11.0. The Labute approximate surface area is 178 Å². The van der Waals surface area contributed by atoms with Crippen molar-refractivity contribution in [1.82, 2.24) is 0 Å². The third-order valence-electron chi connectivity index (χ3n) is 5.22. The Morgan fingerprint density at radius 1 is 0.724 bits per heavy atom. The monoisotopic (exact) mass is 404 g/mol. The molecule has 0 aliphatic carbocycles. The molecule has 0 spiro atoms. The van der Waals surface area contributed by atoms with Gasteiger partial charge in [0.1, 0.15) is 11.5 Å². The second-order valence-electron chi connectivity index (χ2n) is 9.92. The number of para-hydroxylation sites is 1. The van der Waals surface area contributed by atoms with Crippen LogP contribution in [0.4, 0.5) is 0 Å². The number of pyridine rings is 1. The summed E-state index contributed by atoms with van der Waals surface area (Å²) < 4.78 is 8.61. The zero-order chi connectivity index (χ0) is 21.0. The van der Waals surface area contributed by atoms with E-state index in [9.17, 15) is 0 Å². The van der Waals surface area contributed by atoms with Gasteiger partial charge in [0.2, 0.25) is 5.69 Å². The number of nitrogens with zero attached hydrogens (tertiary/aromatic N) is 1. The molecular weight excluding hydrogens is 374 g/mol. The molecule has 2 nitrogen and oxygen atoms in total. The van der Waals surface area contributed by atoms with Gasteiger partial charge >= 0.3 is 0 Å². The molecule has 1 aromatic heterocycles. The lowest BCUT2D eigenvalue weighted by Gasteiger charge is -2.25. The maximum atomic E-state index is 6.15. The molecule has 0 saturated carbocycles. The highest BCUT2D eigenvalue weighted by Crippen LogP contribution is 2.47. The van der Waals surface area contributed by atoms with Crippen LogP contribution in [0.5, 0.6) is 11.5 Å².